The maximum absolute atomic E-state index is 11.2. The number of ether oxygens (including phenoxy) is 1. The zero-order valence-electron chi connectivity index (χ0n) is 11.7. The van der Waals surface area contributed by atoms with Gasteiger partial charge in [-0.3, -0.25) is 9.59 Å². The molecule has 5 nitrogen and oxygen atoms in total. The first-order valence-electron chi connectivity index (χ1n) is 6.11. The van der Waals surface area contributed by atoms with Crippen molar-refractivity contribution in [3.63, 3.8) is 0 Å². The predicted molar refractivity (Wildman–Crippen MR) is 72.9 cm³/mol. The number of nitrogens with one attached hydrogen (secondary N) is 1. The molecule has 0 radical (unpaired) electrons. The minimum Gasteiger partial charge on any atom is -0.496 e. The number of primary amides is 1. The molecule has 104 valence electrons. The molecule has 0 spiro atoms. The summed E-state index contributed by atoms with van der Waals surface area (Å²) in [5.41, 5.74) is 7.89. The monoisotopic (exact) mass is 264 g/mol. The zero-order valence-corrected chi connectivity index (χ0v) is 11.7. The van der Waals surface area contributed by atoms with Crippen LogP contribution in [0.5, 0.6) is 5.75 Å². The Morgan fingerprint density at radius 1 is 1.37 bits per heavy atom. The van der Waals surface area contributed by atoms with Gasteiger partial charge in [0.1, 0.15) is 5.75 Å². The summed E-state index contributed by atoms with van der Waals surface area (Å²) in [5, 5.41) is 2.49. The number of carbonyl (C=O) groups is 2. The molecule has 1 aromatic carbocycles. The van der Waals surface area contributed by atoms with Gasteiger partial charge in [0.15, 0.2) is 0 Å². The SMILES string of the molecule is COc1cc(C)c(CNC(=O)C(N)=O)cc1C(C)C. The van der Waals surface area contributed by atoms with Gasteiger partial charge in [0.05, 0.1) is 7.11 Å². The van der Waals surface area contributed by atoms with Crippen LogP contribution in [0.2, 0.25) is 0 Å². The fourth-order valence-electron chi connectivity index (χ4n) is 1.83. The molecule has 0 fully saturated rings. The molecule has 5 heteroatoms. The van der Waals surface area contributed by atoms with Crippen LogP contribution >= 0.6 is 0 Å². The lowest BCUT2D eigenvalue weighted by atomic mass is 9.96. The van der Waals surface area contributed by atoms with E-state index in [-0.39, 0.29) is 6.54 Å². The highest BCUT2D eigenvalue weighted by Crippen LogP contribution is 2.29. The maximum atomic E-state index is 11.2. The first-order valence-corrected chi connectivity index (χ1v) is 6.11. The van der Waals surface area contributed by atoms with Crippen LogP contribution in [0.4, 0.5) is 0 Å². The van der Waals surface area contributed by atoms with E-state index < -0.39 is 11.8 Å². The van der Waals surface area contributed by atoms with E-state index in [0.29, 0.717) is 5.92 Å². The summed E-state index contributed by atoms with van der Waals surface area (Å²) in [6.07, 6.45) is 0. The predicted octanol–water partition coefficient (Wildman–Crippen LogP) is 1.23. The Labute approximate surface area is 113 Å². The van der Waals surface area contributed by atoms with Gasteiger partial charge in [-0.25, -0.2) is 0 Å². The molecule has 0 atom stereocenters. The average Bonchev–Trinajstić information content (AvgIpc) is 2.35. The highest BCUT2D eigenvalue weighted by molar-refractivity contribution is 6.34. The van der Waals surface area contributed by atoms with Crippen molar-refractivity contribution in [2.24, 2.45) is 5.73 Å². The van der Waals surface area contributed by atoms with E-state index in [2.05, 4.69) is 19.2 Å². The summed E-state index contributed by atoms with van der Waals surface area (Å²) in [6, 6.07) is 3.92. The highest BCUT2D eigenvalue weighted by Gasteiger charge is 2.13. The van der Waals surface area contributed by atoms with Crippen molar-refractivity contribution in [1.29, 1.82) is 0 Å². The summed E-state index contributed by atoms with van der Waals surface area (Å²) >= 11 is 0. The van der Waals surface area contributed by atoms with Crippen LogP contribution in [0, 0.1) is 6.92 Å². The Balaban J connectivity index is 2.98. The van der Waals surface area contributed by atoms with Crippen LogP contribution in [-0.2, 0) is 16.1 Å². The molecule has 1 aromatic rings. The summed E-state index contributed by atoms with van der Waals surface area (Å²) in [7, 11) is 1.63. The molecule has 0 heterocycles. The van der Waals surface area contributed by atoms with Gasteiger partial charge in [-0.2, -0.15) is 0 Å². The first-order chi connectivity index (χ1) is 8.86. The quantitative estimate of drug-likeness (QED) is 0.802. The molecule has 0 unspecified atom stereocenters. The number of aryl methyl sites for hydroxylation is 1. The van der Waals surface area contributed by atoms with E-state index in [9.17, 15) is 9.59 Å². The third-order valence-electron chi connectivity index (χ3n) is 2.97. The van der Waals surface area contributed by atoms with E-state index in [1.54, 1.807) is 7.11 Å². The second-order valence-corrected chi connectivity index (χ2v) is 4.72. The molecule has 0 aliphatic rings. The van der Waals surface area contributed by atoms with Crippen LogP contribution in [0.25, 0.3) is 0 Å². The molecule has 0 saturated heterocycles. The second kappa shape index (κ2) is 6.22. The number of carbonyl (C=O) groups excluding carboxylic acids is 2. The van der Waals surface area contributed by atoms with Gasteiger partial charge >= 0.3 is 11.8 Å². The van der Waals surface area contributed by atoms with Crippen molar-refractivity contribution < 1.29 is 14.3 Å². The third-order valence-corrected chi connectivity index (χ3v) is 2.97. The van der Waals surface area contributed by atoms with Gasteiger partial charge in [0, 0.05) is 6.54 Å². The Hall–Kier alpha value is -2.04. The number of hydrogen-bond acceptors (Lipinski definition) is 3. The second-order valence-electron chi connectivity index (χ2n) is 4.72. The molecule has 19 heavy (non-hydrogen) atoms. The van der Waals surface area contributed by atoms with Crippen molar-refractivity contribution in [2.45, 2.75) is 33.2 Å². The van der Waals surface area contributed by atoms with E-state index in [4.69, 9.17) is 10.5 Å². The molecule has 0 bridgehead atoms. The molecule has 0 saturated carbocycles. The van der Waals surface area contributed by atoms with Gasteiger partial charge in [-0.1, -0.05) is 13.8 Å². The Morgan fingerprint density at radius 3 is 2.47 bits per heavy atom. The number of hydrogen-bond donors (Lipinski definition) is 2. The number of benzene rings is 1. The third kappa shape index (κ3) is 3.71. The van der Waals surface area contributed by atoms with Gasteiger partial charge in [-0.15, -0.1) is 0 Å². The molecule has 3 N–H and O–H groups in total. The van der Waals surface area contributed by atoms with Crippen molar-refractivity contribution in [3.05, 3.63) is 28.8 Å². The van der Waals surface area contributed by atoms with Crippen LogP contribution in [0.15, 0.2) is 12.1 Å². The summed E-state index contributed by atoms with van der Waals surface area (Å²) in [4.78, 5) is 21.8. The summed E-state index contributed by atoms with van der Waals surface area (Å²) in [6.45, 7) is 6.34. The van der Waals surface area contributed by atoms with Crippen molar-refractivity contribution in [1.82, 2.24) is 5.32 Å². The summed E-state index contributed by atoms with van der Waals surface area (Å²) < 4.78 is 5.34. The van der Waals surface area contributed by atoms with Gasteiger partial charge in [0.2, 0.25) is 0 Å². The lowest BCUT2D eigenvalue weighted by Gasteiger charge is -2.16. The van der Waals surface area contributed by atoms with Crippen LogP contribution < -0.4 is 15.8 Å². The Kier molecular flexibility index (Phi) is 4.92. The van der Waals surface area contributed by atoms with Gasteiger partial charge < -0.3 is 15.8 Å². The number of amides is 2. The van der Waals surface area contributed by atoms with Crippen LogP contribution in [0.1, 0.15) is 36.5 Å². The smallest absolute Gasteiger partial charge is 0.309 e. The van der Waals surface area contributed by atoms with Crippen molar-refractivity contribution in [3.8, 4) is 5.75 Å². The highest BCUT2D eigenvalue weighted by atomic mass is 16.5. The normalized spacial score (nSPS) is 10.4. The van der Waals surface area contributed by atoms with Crippen LogP contribution in [0.3, 0.4) is 0 Å². The lowest BCUT2D eigenvalue weighted by molar-refractivity contribution is -0.137. The average molecular weight is 264 g/mol. The number of rotatable bonds is 4. The lowest BCUT2D eigenvalue weighted by Crippen LogP contribution is -2.35. The first kappa shape index (κ1) is 15.0. The largest absolute Gasteiger partial charge is 0.496 e. The molecule has 2 amide bonds. The number of methoxy groups -OCH3 is 1. The molecule has 0 aliphatic carbocycles. The topological polar surface area (TPSA) is 81.4 Å². The molecular weight excluding hydrogens is 244 g/mol. The fourth-order valence-corrected chi connectivity index (χ4v) is 1.83. The molecule has 1 rings (SSSR count). The molecular formula is C14H20N2O3. The summed E-state index contributed by atoms with van der Waals surface area (Å²) in [5.74, 6) is -0.616. The van der Waals surface area contributed by atoms with Gasteiger partial charge in [0.25, 0.3) is 0 Å². The fraction of sp³-hybridized carbons (Fsp3) is 0.429. The maximum Gasteiger partial charge on any atom is 0.309 e. The molecule has 0 aromatic heterocycles. The van der Waals surface area contributed by atoms with E-state index in [0.717, 1.165) is 22.4 Å². The Bertz CT molecular complexity index is 496. The van der Waals surface area contributed by atoms with E-state index in [1.165, 1.54) is 0 Å². The van der Waals surface area contributed by atoms with Gasteiger partial charge in [-0.05, 0) is 41.7 Å². The van der Waals surface area contributed by atoms with Crippen LogP contribution in [-0.4, -0.2) is 18.9 Å². The standard InChI is InChI=1S/C14H20N2O3/c1-8(2)11-6-10(7-16-14(18)13(15)17)9(3)5-12(11)19-4/h5-6,8H,7H2,1-4H3,(H2,15,17)(H,16,18). The zero-order chi connectivity index (χ0) is 14.6. The Morgan fingerprint density at radius 2 is 2.00 bits per heavy atom. The van der Waals surface area contributed by atoms with E-state index >= 15 is 0 Å². The van der Waals surface area contributed by atoms with E-state index in [1.807, 2.05) is 19.1 Å². The van der Waals surface area contributed by atoms with Crippen molar-refractivity contribution in [2.75, 3.05) is 7.11 Å². The molecule has 0 aliphatic heterocycles. The van der Waals surface area contributed by atoms with Crippen molar-refractivity contribution >= 4 is 11.8 Å². The minimum absolute atomic E-state index is 0.275. The number of nitrogens with two attached hydrogens (primary N) is 1. The minimum atomic E-state index is -0.977.